The van der Waals surface area contributed by atoms with Crippen molar-refractivity contribution >= 4 is 0 Å². The molecule has 9 heavy (non-hydrogen) atoms. The van der Waals surface area contributed by atoms with Gasteiger partial charge in [-0.1, -0.05) is 6.92 Å². The van der Waals surface area contributed by atoms with Crippen molar-refractivity contribution in [2.75, 3.05) is 19.6 Å². The molecule has 1 aliphatic carbocycles. The summed E-state index contributed by atoms with van der Waals surface area (Å²) in [5.41, 5.74) is 6.08. The Hall–Kier alpha value is -0.0800. The van der Waals surface area contributed by atoms with Crippen molar-refractivity contribution < 1.29 is 0 Å². The Morgan fingerprint density at radius 3 is 2.56 bits per heavy atom. The van der Waals surface area contributed by atoms with Gasteiger partial charge >= 0.3 is 0 Å². The summed E-state index contributed by atoms with van der Waals surface area (Å²) in [6.45, 7) is 5.19. The van der Waals surface area contributed by atoms with E-state index in [1.54, 1.807) is 0 Å². The lowest BCUT2D eigenvalue weighted by Gasteiger charge is -2.10. The highest BCUT2D eigenvalue weighted by molar-refractivity contribution is 4.95. The topological polar surface area (TPSA) is 38.0 Å². The molecular formula is C7H16N2. The van der Waals surface area contributed by atoms with Crippen LogP contribution >= 0.6 is 0 Å². The third-order valence-corrected chi connectivity index (χ3v) is 2.14. The molecule has 54 valence electrons. The number of hydrogen-bond donors (Lipinski definition) is 2. The van der Waals surface area contributed by atoms with E-state index in [4.69, 9.17) is 5.73 Å². The maximum absolute atomic E-state index is 5.57. The van der Waals surface area contributed by atoms with Crippen molar-refractivity contribution in [1.29, 1.82) is 0 Å². The van der Waals surface area contributed by atoms with Crippen molar-refractivity contribution in [2.24, 2.45) is 11.1 Å². The fourth-order valence-corrected chi connectivity index (χ4v) is 1.02. The summed E-state index contributed by atoms with van der Waals surface area (Å²) in [6.07, 6.45) is 2.66. The molecule has 0 bridgehead atoms. The molecule has 0 aliphatic heterocycles. The average Bonchev–Trinajstić information content (AvgIpc) is 2.65. The third-order valence-electron chi connectivity index (χ3n) is 2.14. The van der Waals surface area contributed by atoms with E-state index >= 15 is 0 Å². The summed E-state index contributed by atoms with van der Waals surface area (Å²) >= 11 is 0. The Kier molecular flexibility index (Phi) is 2.09. The Bertz CT molecular complexity index is 86.9. The second-order valence-electron chi connectivity index (χ2n) is 2.98. The SMILES string of the molecule is CCNCC1(CN)CC1. The molecule has 0 heterocycles. The Morgan fingerprint density at radius 2 is 2.22 bits per heavy atom. The summed E-state index contributed by atoms with van der Waals surface area (Å²) in [5.74, 6) is 0. The van der Waals surface area contributed by atoms with Gasteiger partial charge in [-0.25, -0.2) is 0 Å². The minimum Gasteiger partial charge on any atom is -0.330 e. The van der Waals surface area contributed by atoms with E-state index in [0.29, 0.717) is 5.41 Å². The fourth-order valence-electron chi connectivity index (χ4n) is 1.02. The summed E-state index contributed by atoms with van der Waals surface area (Å²) < 4.78 is 0. The molecule has 0 aromatic carbocycles. The highest BCUT2D eigenvalue weighted by Crippen LogP contribution is 2.43. The van der Waals surface area contributed by atoms with Gasteiger partial charge in [0.05, 0.1) is 0 Å². The Labute approximate surface area is 56.8 Å². The molecule has 1 saturated carbocycles. The minimum atomic E-state index is 0.510. The highest BCUT2D eigenvalue weighted by Gasteiger charge is 2.40. The molecule has 0 unspecified atom stereocenters. The van der Waals surface area contributed by atoms with Crippen LogP contribution in [0.3, 0.4) is 0 Å². The van der Waals surface area contributed by atoms with Gasteiger partial charge in [-0.15, -0.1) is 0 Å². The number of nitrogens with two attached hydrogens (primary N) is 1. The van der Waals surface area contributed by atoms with Crippen LogP contribution in [-0.2, 0) is 0 Å². The van der Waals surface area contributed by atoms with Crippen molar-refractivity contribution in [3.63, 3.8) is 0 Å². The van der Waals surface area contributed by atoms with Crippen LogP contribution in [0.4, 0.5) is 0 Å². The zero-order valence-corrected chi connectivity index (χ0v) is 6.11. The molecule has 3 N–H and O–H groups in total. The summed E-state index contributed by atoms with van der Waals surface area (Å²) in [6, 6.07) is 0. The number of rotatable bonds is 4. The van der Waals surface area contributed by atoms with Crippen LogP contribution in [-0.4, -0.2) is 19.6 Å². The molecule has 0 saturated heterocycles. The van der Waals surface area contributed by atoms with Crippen LogP contribution in [0.2, 0.25) is 0 Å². The second kappa shape index (κ2) is 2.67. The first-order valence-corrected chi connectivity index (χ1v) is 3.74. The van der Waals surface area contributed by atoms with Crippen molar-refractivity contribution in [3.05, 3.63) is 0 Å². The summed E-state index contributed by atoms with van der Waals surface area (Å²) in [7, 11) is 0. The maximum atomic E-state index is 5.57. The molecule has 2 nitrogen and oxygen atoms in total. The largest absolute Gasteiger partial charge is 0.330 e. The van der Waals surface area contributed by atoms with Crippen LogP contribution in [0.15, 0.2) is 0 Å². The first-order valence-electron chi connectivity index (χ1n) is 3.74. The average molecular weight is 128 g/mol. The van der Waals surface area contributed by atoms with Gasteiger partial charge in [0.2, 0.25) is 0 Å². The molecule has 0 atom stereocenters. The molecule has 1 rings (SSSR count). The molecule has 0 aromatic rings. The molecule has 0 radical (unpaired) electrons. The van der Waals surface area contributed by atoms with E-state index in [9.17, 15) is 0 Å². The first-order chi connectivity index (χ1) is 4.33. The molecule has 0 amide bonds. The molecule has 2 heteroatoms. The van der Waals surface area contributed by atoms with Crippen LogP contribution in [0.25, 0.3) is 0 Å². The van der Waals surface area contributed by atoms with Gasteiger partial charge in [-0.05, 0) is 31.3 Å². The van der Waals surface area contributed by atoms with E-state index in [2.05, 4.69) is 12.2 Å². The van der Waals surface area contributed by atoms with Crippen LogP contribution in [0.1, 0.15) is 19.8 Å². The van der Waals surface area contributed by atoms with E-state index in [0.717, 1.165) is 19.6 Å². The Balaban J connectivity index is 2.10. The lowest BCUT2D eigenvalue weighted by molar-refractivity contribution is 0.476. The first kappa shape index (κ1) is 7.03. The summed E-state index contributed by atoms with van der Waals surface area (Å²) in [5, 5.41) is 3.32. The molecular weight excluding hydrogens is 112 g/mol. The maximum Gasteiger partial charge on any atom is 0.00198 e. The Morgan fingerprint density at radius 1 is 1.56 bits per heavy atom. The van der Waals surface area contributed by atoms with Gasteiger partial charge in [0, 0.05) is 6.54 Å². The fraction of sp³-hybridized carbons (Fsp3) is 1.00. The number of hydrogen-bond acceptors (Lipinski definition) is 2. The van der Waals surface area contributed by atoms with E-state index in [1.165, 1.54) is 12.8 Å². The van der Waals surface area contributed by atoms with Crippen molar-refractivity contribution in [1.82, 2.24) is 5.32 Å². The molecule has 1 aliphatic rings. The van der Waals surface area contributed by atoms with E-state index in [1.807, 2.05) is 0 Å². The minimum absolute atomic E-state index is 0.510. The normalized spacial score (nSPS) is 22.0. The van der Waals surface area contributed by atoms with E-state index in [-0.39, 0.29) is 0 Å². The number of nitrogens with one attached hydrogen (secondary N) is 1. The predicted molar refractivity (Wildman–Crippen MR) is 39.3 cm³/mol. The quantitative estimate of drug-likeness (QED) is 0.573. The van der Waals surface area contributed by atoms with Crippen molar-refractivity contribution in [2.45, 2.75) is 19.8 Å². The van der Waals surface area contributed by atoms with Crippen LogP contribution in [0, 0.1) is 5.41 Å². The van der Waals surface area contributed by atoms with Gasteiger partial charge in [-0.2, -0.15) is 0 Å². The molecule has 0 spiro atoms. The molecule has 1 fully saturated rings. The smallest absolute Gasteiger partial charge is 0.00198 e. The monoisotopic (exact) mass is 128 g/mol. The lowest BCUT2D eigenvalue weighted by Crippen LogP contribution is -2.29. The standard InChI is InChI=1S/C7H16N2/c1-2-9-6-7(5-8)3-4-7/h9H,2-6,8H2,1H3. The van der Waals surface area contributed by atoms with Gasteiger partial charge in [0.15, 0.2) is 0 Å². The zero-order chi connectivity index (χ0) is 6.74. The third kappa shape index (κ3) is 1.66. The van der Waals surface area contributed by atoms with Crippen LogP contribution < -0.4 is 11.1 Å². The lowest BCUT2D eigenvalue weighted by atomic mass is 10.1. The molecule has 0 aromatic heterocycles. The second-order valence-corrected chi connectivity index (χ2v) is 2.98. The van der Waals surface area contributed by atoms with Gasteiger partial charge in [0.1, 0.15) is 0 Å². The predicted octanol–water partition coefficient (Wildman–Crippen LogP) is 0.335. The van der Waals surface area contributed by atoms with Crippen LogP contribution in [0.5, 0.6) is 0 Å². The summed E-state index contributed by atoms with van der Waals surface area (Å²) in [4.78, 5) is 0. The highest BCUT2D eigenvalue weighted by atomic mass is 14.9. The van der Waals surface area contributed by atoms with E-state index < -0.39 is 0 Å². The zero-order valence-electron chi connectivity index (χ0n) is 6.11. The van der Waals surface area contributed by atoms with Crippen molar-refractivity contribution in [3.8, 4) is 0 Å². The van der Waals surface area contributed by atoms with Gasteiger partial charge in [0.25, 0.3) is 0 Å². The van der Waals surface area contributed by atoms with Gasteiger partial charge in [-0.3, -0.25) is 0 Å². The van der Waals surface area contributed by atoms with Gasteiger partial charge < -0.3 is 11.1 Å².